The van der Waals surface area contributed by atoms with Crippen LogP contribution in [-0.4, -0.2) is 24.5 Å². The molecule has 2 aromatic rings. The second kappa shape index (κ2) is 6.43. The van der Waals surface area contributed by atoms with Crippen LogP contribution in [0.15, 0.2) is 54.6 Å². The maximum absolute atomic E-state index is 6.54. The molecule has 2 heteroatoms. The Hall–Kier alpha value is -1.31. The van der Waals surface area contributed by atoms with Gasteiger partial charge in [0.2, 0.25) is 0 Å². The minimum Gasteiger partial charge on any atom is -0.302 e. The van der Waals surface area contributed by atoms with E-state index < -0.39 is 0 Å². The Morgan fingerprint density at radius 3 is 2.10 bits per heavy atom. The lowest BCUT2D eigenvalue weighted by Crippen LogP contribution is -2.23. The third-order valence-corrected chi connectivity index (χ3v) is 4.39. The largest absolute Gasteiger partial charge is 0.302 e. The average molecular weight is 286 g/mol. The zero-order chi connectivity index (χ0) is 13.8. The number of alkyl halides is 1. The van der Waals surface area contributed by atoms with Gasteiger partial charge in [-0.25, -0.2) is 0 Å². The Morgan fingerprint density at radius 1 is 0.850 bits per heavy atom. The summed E-state index contributed by atoms with van der Waals surface area (Å²) in [7, 11) is 0. The second-order valence-corrected chi connectivity index (χ2v) is 5.99. The quantitative estimate of drug-likeness (QED) is 0.734. The van der Waals surface area contributed by atoms with Crippen LogP contribution in [0.3, 0.4) is 0 Å². The van der Waals surface area contributed by atoms with Crippen LogP contribution in [0.1, 0.15) is 23.8 Å². The van der Waals surface area contributed by atoms with Crippen LogP contribution < -0.4 is 0 Å². The Balaban J connectivity index is 1.69. The van der Waals surface area contributed by atoms with Crippen molar-refractivity contribution in [1.29, 1.82) is 0 Å². The predicted octanol–water partition coefficient (Wildman–Crippen LogP) is 4.73. The molecule has 0 spiro atoms. The molecule has 3 rings (SSSR count). The summed E-state index contributed by atoms with van der Waals surface area (Å²) in [5, 5.41) is 0.0953. The average Bonchev–Trinajstić information content (AvgIpc) is 3.01. The van der Waals surface area contributed by atoms with Crippen LogP contribution in [0.2, 0.25) is 0 Å². The molecular weight excluding hydrogens is 266 g/mol. The van der Waals surface area contributed by atoms with Gasteiger partial charge in [-0.3, -0.25) is 0 Å². The van der Waals surface area contributed by atoms with E-state index >= 15 is 0 Å². The normalized spacial score (nSPS) is 17.2. The summed E-state index contributed by atoms with van der Waals surface area (Å²) in [6.07, 6.45) is 2.63. The molecule has 1 saturated heterocycles. The van der Waals surface area contributed by atoms with Crippen LogP contribution >= 0.6 is 11.6 Å². The van der Waals surface area contributed by atoms with Gasteiger partial charge >= 0.3 is 0 Å². The number of hydrogen-bond acceptors (Lipinski definition) is 1. The highest BCUT2D eigenvalue weighted by atomic mass is 35.5. The van der Waals surface area contributed by atoms with E-state index in [1.165, 1.54) is 42.6 Å². The highest BCUT2D eigenvalue weighted by Gasteiger charge is 2.17. The van der Waals surface area contributed by atoms with Crippen LogP contribution in [0.4, 0.5) is 0 Å². The van der Waals surface area contributed by atoms with E-state index in [0.717, 1.165) is 6.54 Å². The fraction of sp³-hybridized carbons (Fsp3) is 0.333. The summed E-state index contributed by atoms with van der Waals surface area (Å²) in [5.41, 5.74) is 3.72. The van der Waals surface area contributed by atoms with Gasteiger partial charge in [-0.2, -0.15) is 0 Å². The highest BCUT2D eigenvalue weighted by Crippen LogP contribution is 2.26. The van der Waals surface area contributed by atoms with Crippen LogP contribution in [0.25, 0.3) is 11.1 Å². The smallest absolute Gasteiger partial charge is 0.0712 e. The first-order valence-electron chi connectivity index (χ1n) is 7.35. The molecule has 20 heavy (non-hydrogen) atoms. The molecule has 104 valence electrons. The van der Waals surface area contributed by atoms with Gasteiger partial charge in [0, 0.05) is 6.54 Å². The van der Waals surface area contributed by atoms with Crippen molar-refractivity contribution < 1.29 is 0 Å². The van der Waals surface area contributed by atoms with Crippen molar-refractivity contribution in [2.45, 2.75) is 18.2 Å². The molecule has 0 aliphatic carbocycles. The Morgan fingerprint density at radius 2 is 1.45 bits per heavy atom. The number of halogens is 1. The monoisotopic (exact) mass is 285 g/mol. The van der Waals surface area contributed by atoms with Gasteiger partial charge in [0.15, 0.2) is 0 Å². The molecule has 2 aromatic carbocycles. The molecule has 1 nitrogen and oxygen atoms in total. The summed E-state index contributed by atoms with van der Waals surface area (Å²) in [6.45, 7) is 3.36. The molecule has 0 amide bonds. The predicted molar refractivity (Wildman–Crippen MR) is 86.1 cm³/mol. The molecule has 0 saturated carbocycles. The fourth-order valence-corrected chi connectivity index (χ4v) is 3.15. The van der Waals surface area contributed by atoms with E-state index in [9.17, 15) is 0 Å². The Kier molecular flexibility index (Phi) is 4.39. The first kappa shape index (κ1) is 13.7. The van der Waals surface area contributed by atoms with Crippen molar-refractivity contribution in [2.75, 3.05) is 19.6 Å². The minimum atomic E-state index is 0.0953. The topological polar surface area (TPSA) is 3.24 Å². The molecule has 0 aromatic heterocycles. The van der Waals surface area contributed by atoms with E-state index in [1.807, 2.05) is 6.07 Å². The van der Waals surface area contributed by atoms with Crippen molar-refractivity contribution in [3.05, 3.63) is 60.2 Å². The molecule has 1 unspecified atom stereocenters. The maximum Gasteiger partial charge on any atom is 0.0712 e. The van der Waals surface area contributed by atoms with E-state index in [0.29, 0.717) is 0 Å². The second-order valence-electron chi connectivity index (χ2n) is 5.46. The molecule has 0 N–H and O–H groups in total. The molecule has 1 atom stereocenters. The molecule has 0 radical (unpaired) electrons. The number of rotatable bonds is 4. The summed E-state index contributed by atoms with van der Waals surface area (Å²) >= 11 is 6.54. The van der Waals surface area contributed by atoms with E-state index in [1.54, 1.807) is 0 Å². The van der Waals surface area contributed by atoms with Gasteiger partial charge in [-0.1, -0.05) is 54.6 Å². The number of hydrogen-bond donors (Lipinski definition) is 0. The highest BCUT2D eigenvalue weighted by molar-refractivity contribution is 6.21. The molecule has 1 aliphatic rings. The van der Waals surface area contributed by atoms with E-state index in [2.05, 4.69) is 53.4 Å². The number of likely N-dealkylation sites (tertiary alicyclic amines) is 1. The summed E-state index contributed by atoms with van der Waals surface area (Å²) in [6, 6.07) is 19.1. The lowest BCUT2D eigenvalue weighted by Gasteiger charge is -2.19. The zero-order valence-electron chi connectivity index (χ0n) is 11.6. The van der Waals surface area contributed by atoms with Gasteiger partial charge in [0.05, 0.1) is 5.38 Å². The lowest BCUT2D eigenvalue weighted by molar-refractivity contribution is 0.339. The maximum atomic E-state index is 6.54. The van der Waals surface area contributed by atoms with Crippen molar-refractivity contribution in [1.82, 2.24) is 4.90 Å². The SMILES string of the molecule is ClC(CN1CCCC1)c1ccc(-c2ccccc2)cc1. The Labute approximate surface area is 126 Å². The van der Waals surface area contributed by atoms with Crippen molar-refractivity contribution in [3.63, 3.8) is 0 Å². The third kappa shape index (κ3) is 3.23. The first-order chi connectivity index (χ1) is 9.83. The van der Waals surface area contributed by atoms with E-state index in [4.69, 9.17) is 11.6 Å². The molecular formula is C18H20ClN. The third-order valence-electron chi connectivity index (χ3n) is 4.00. The standard InChI is InChI=1S/C18H20ClN/c19-18(14-20-12-4-5-13-20)17-10-8-16(9-11-17)15-6-2-1-3-7-15/h1-3,6-11,18H,4-5,12-14H2. The summed E-state index contributed by atoms with van der Waals surface area (Å²) in [4.78, 5) is 2.46. The number of nitrogens with zero attached hydrogens (tertiary/aromatic N) is 1. The van der Waals surface area contributed by atoms with Crippen LogP contribution in [0.5, 0.6) is 0 Å². The summed E-state index contributed by atoms with van der Waals surface area (Å²) in [5.74, 6) is 0. The minimum absolute atomic E-state index is 0.0953. The van der Waals surface area contributed by atoms with Crippen molar-refractivity contribution in [3.8, 4) is 11.1 Å². The van der Waals surface area contributed by atoms with Gasteiger partial charge < -0.3 is 4.90 Å². The van der Waals surface area contributed by atoms with Gasteiger partial charge in [0.25, 0.3) is 0 Å². The Bertz CT molecular complexity index is 529. The zero-order valence-corrected chi connectivity index (χ0v) is 12.4. The summed E-state index contributed by atoms with van der Waals surface area (Å²) < 4.78 is 0. The fourth-order valence-electron chi connectivity index (χ4n) is 2.81. The van der Waals surface area contributed by atoms with Gasteiger partial charge in [0.1, 0.15) is 0 Å². The van der Waals surface area contributed by atoms with Gasteiger partial charge in [-0.05, 0) is 42.6 Å². The molecule has 1 aliphatic heterocycles. The van der Waals surface area contributed by atoms with Crippen LogP contribution in [0, 0.1) is 0 Å². The lowest BCUT2D eigenvalue weighted by atomic mass is 10.0. The van der Waals surface area contributed by atoms with E-state index in [-0.39, 0.29) is 5.38 Å². The molecule has 0 bridgehead atoms. The molecule has 1 fully saturated rings. The van der Waals surface area contributed by atoms with Crippen molar-refractivity contribution in [2.24, 2.45) is 0 Å². The first-order valence-corrected chi connectivity index (χ1v) is 7.78. The number of benzene rings is 2. The molecule has 1 heterocycles. The van der Waals surface area contributed by atoms with Gasteiger partial charge in [-0.15, -0.1) is 11.6 Å². The van der Waals surface area contributed by atoms with Crippen LogP contribution in [-0.2, 0) is 0 Å². The van der Waals surface area contributed by atoms with Crippen molar-refractivity contribution >= 4 is 11.6 Å².